The first-order valence-corrected chi connectivity index (χ1v) is 8.59. The van der Waals surface area contributed by atoms with Crippen molar-refractivity contribution in [3.8, 4) is 0 Å². The number of hydrogen-bond acceptors (Lipinski definition) is 3. The second-order valence-corrected chi connectivity index (χ2v) is 6.44. The maximum atomic E-state index is 12.6. The topological polar surface area (TPSA) is 49.4 Å². The fraction of sp³-hybridized carbons (Fsp3) is 0.182. The molecule has 0 heterocycles. The molecule has 0 bridgehead atoms. The van der Waals surface area contributed by atoms with Crippen LogP contribution >= 0.6 is 0 Å². The largest absolute Gasteiger partial charge is 0.363 e. The molecule has 0 unspecified atom stereocenters. The van der Waals surface area contributed by atoms with E-state index in [2.05, 4.69) is 29.6 Å². The predicted molar refractivity (Wildman–Crippen MR) is 107 cm³/mol. The summed E-state index contributed by atoms with van der Waals surface area (Å²) in [7, 11) is 1.91. The van der Waals surface area contributed by atoms with Gasteiger partial charge in [0.1, 0.15) is 6.04 Å². The summed E-state index contributed by atoms with van der Waals surface area (Å²) in [5, 5.41) is 5.22. The lowest BCUT2D eigenvalue weighted by Gasteiger charge is -2.26. The Labute approximate surface area is 153 Å². The van der Waals surface area contributed by atoms with Crippen molar-refractivity contribution in [2.75, 3.05) is 17.3 Å². The summed E-state index contributed by atoms with van der Waals surface area (Å²) in [6, 6.07) is 20.9. The average Bonchev–Trinajstić information content (AvgIpc) is 2.66. The second kappa shape index (κ2) is 7.40. The van der Waals surface area contributed by atoms with Crippen LogP contribution in [0.1, 0.15) is 24.2 Å². The highest BCUT2D eigenvalue weighted by Crippen LogP contribution is 2.23. The number of benzene rings is 3. The van der Waals surface area contributed by atoms with E-state index in [-0.39, 0.29) is 17.7 Å². The van der Waals surface area contributed by atoms with Crippen LogP contribution < -0.4 is 10.2 Å². The van der Waals surface area contributed by atoms with Gasteiger partial charge in [0.15, 0.2) is 5.78 Å². The summed E-state index contributed by atoms with van der Waals surface area (Å²) in [5.41, 5.74) is 2.29. The summed E-state index contributed by atoms with van der Waals surface area (Å²) < 4.78 is 0. The minimum absolute atomic E-state index is 0.00674. The molecule has 0 aliphatic rings. The molecule has 0 saturated heterocycles. The lowest BCUT2D eigenvalue weighted by atomic mass is 10.1. The molecule has 3 aromatic carbocycles. The van der Waals surface area contributed by atoms with E-state index in [1.54, 1.807) is 24.3 Å². The van der Waals surface area contributed by atoms with Gasteiger partial charge in [0.2, 0.25) is 5.91 Å². The SMILES string of the molecule is CC(=O)c1ccc(NC(=O)[C@@H](C)N(C)c2ccc3ccccc3c2)cc1. The average molecular weight is 346 g/mol. The molecule has 4 nitrogen and oxygen atoms in total. The number of carbonyl (C=O) groups is 2. The van der Waals surface area contributed by atoms with Gasteiger partial charge in [0.05, 0.1) is 0 Å². The highest BCUT2D eigenvalue weighted by atomic mass is 16.2. The fourth-order valence-corrected chi connectivity index (χ4v) is 2.83. The van der Waals surface area contributed by atoms with Crippen molar-refractivity contribution in [1.82, 2.24) is 0 Å². The maximum absolute atomic E-state index is 12.6. The Hall–Kier alpha value is -3.14. The number of hydrogen-bond donors (Lipinski definition) is 1. The summed E-state index contributed by atoms with van der Waals surface area (Å²) in [6.45, 7) is 3.39. The first-order valence-electron chi connectivity index (χ1n) is 8.59. The van der Waals surface area contributed by atoms with Crippen molar-refractivity contribution in [3.63, 3.8) is 0 Å². The molecule has 4 heteroatoms. The molecule has 0 aliphatic carbocycles. The van der Waals surface area contributed by atoms with Crippen LogP contribution in [0.25, 0.3) is 10.8 Å². The quantitative estimate of drug-likeness (QED) is 0.692. The first-order chi connectivity index (χ1) is 12.5. The number of carbonyl (C=O) groups excluding carboxylic acids is 2. The lowest BCUT2D eigenvalue weighted by molar-refractivity contribution is -0.117. The van der Waals surface area contributed by atoms with Gasteiger partial charge in [-0.05, 0) is 61.0 Å². The van der Waals surface area contributed by atoms with Gasteiger partial charge in [0.25, 0.3) is 0 Å². The van der Waals surface area contributed by atoms with Crippen molar-refractivity contribution < 1.29 is 9.59 Å². The summed E-state index contributed by atoms with van der Waals surface area (Å²) >= 11 is 0. The maximum Gasteiger partial charge on any atom is 0.246 e. The highest BCUT2D eigenvalue weighted by Gasteiger charge is 2.19. The molecule has 0 radical (unpaired) electrons. The zero-order chi connectivity index (χ0) is 18.7. The lowest BCUT2D eigenvalue weighted by Crippen LogP contribution is -2.39. The van der Waals surface area contributed by atoms with E-state index in [1.807, 2.05) is 37.1 Å². The van der Waals surface area contributed by atoms with Crippen LogP contribution in [0.5, 0.6) is 0 Å². The van der Waals surface area contributed by atoms with Crippen LogP contribution in [0.2, 0.25) is 0 Å². The van der Waals surface area contributed by atoms with E-state index in [0.717, 1.165) is 11.1 Å². The van der Waals surface area contributed by atoms with Gasteiger partial charge in [-0.15, -0.1) is 0 Å². The van der Waals surface area contributed by atoms with Gasteiger partial charge in [-0.3, -0.25) is 9.59 Å². The number of likely N-dealkylation sites (N-methyl/N-ethyl adjacent to an activating group) is 1. The van der Waals surface area contributed by atoms with Crippen molar-refractivity contribution in [1.29, 1.82) is 0 Å². The van der Waals surface area contributed by atoms with Gasteiger partial charge in [0, 0.05) is 24.0 Å². The molecule has 0 saturated carbocycles. The molecule has 1 atom stereocenters. The highest BCUT2D eigenvalue weighted by molar-refractivity contribution is 5.98. The van der Waals surface area contributed by atoms with Crippen LogP contribution in [0, 0.1) is 0 Å². The Bertz CT molecular complexity index is 948. The van der Waals surface area contributed by atoms with Crippen LogP contribution in [0.3, 0.4) is 0 Å². The molecule has 0 fully saturated rings. The van der Waals surface area contributed by atoms with E-state index >= 15 is 0 Å². The standard InChI is InChI=1S/C22H22N2O2/c1-15(22(26)23-20-11-8-17(9-12-20)16(2)25)24(3)21-13-10-18-6-4-5-7-19(18)14-21/h4-15H,1-3H3,(H,23,26)/t15-/m1/s1. The van der Waals surface area contributed by atoms with Crippen LogP contribution in [-0.4, -0.2) is 24.8 Å². The van der Waals surface area contributed by atoms with E-state index < -0.39 is 0 Å². The zero-order valence-corrected chi connectivity index (χ0v) is 15.2. The van der Waals surface area contributed by atoms with Gasteiger partial charge in [-0.1, -0.05) is 30.3 Å². The van der Waals surface area contributed by atoms with E-state index in [1.165, 1.54) is 12.3 Å². The Kier molecular flexibility index (Phi) is 5.03. The molecule has 3 rings (SSSR count). The molecule has 26 heavy (non-hydrogen) atoms. The van der Waals surface area contributed by atoms with E-state index in [4.69, 9.17) is 0 Å². The number of rotatable bonds is 5. The number of Topliss-reactive ketones (excluding diaryl/α,β-unsaturated/α-hetero) is 1. The number of nitrogens with one attached hydrogen (secondary N) is 1. The van der Waals surface area contributed by atoms with Gasteiger partial charge >= 0.3 is 0 Å². The number of anilines is 2. The zero-order valence-electron chi connectivity index (χ0n) is 15.2. The number of ketones is 1. The van der Waals surface area contributed by atoms with Gasteiger partial charge < -0.3 is 10.2 Å². The summed E-state index contributed by atoms with van der Waals surface area (Å²) in [4.78, 5) is 25.9. The van der Waals surface area contributed by atoms with Crippen LogP contribution in [0.15, 0.2) is 66.7 Å². The molecule has 132 valence electrons. The molecule has 0 aliphatic heterocycles. The molecular weight excluding hydrogens is 324 g/mol. The van der Waals surface area contributed by atoms with Crippen molar-refractivity contribution >= 4 is 33.8 Å². The van der Waals surface area contributed by atoms with Gasteiger partial charge in [-0.2, -0.15) is 0 Å². The van der Waals surface area contributed by atoms with Gasteiger partial charge in [-0.25, -0.2) is 0 Å². The third-order valence-corrected chi connectivity index (χ3v) is 4.66. The second-order valence-electron chi connectivity index (χ2n) is 6.44. The fourth-order valence-electron chi connectivity index (χ4n) is 2.83. The number of fused-ring (bicyclic) bond motifs is 1. The Morgan fingerprint density at radius 1 is 0.923 bits per heavy atom. The van der Waals surface area contributed by atoms with Crippen molar-refractivity contribution in [3.05, 3.63) is 72.3 Å². The van der Waals surface area contributed by atoms with Crippen LogP contribution in [-0.2, 0) is 4.79 Å². The molecular formula is C22H22N2O2. The Morgan fingerprint density at radius 3 is 2.23 bits per heavy atom. The number of amides is 1. The number of nitrogens with zero attached hydrogens (tertiary/aromatic N) is 1. The normalized spacial score (nSPS) is 11.8. The van der Waals surface area contributed by atoms with Crippen LogP contribution in [0.4, 0.5) is 11.4 Å². The Balaban J connectivity index is 1.72. The molecule has 1 amide bonds. The molecule has 0 aromatic heterocycles. The first kappa shape index (κ1) is 17.7. The van der Waals surface area contributed by atoms with Crippen molar-refractivity contribution in [2.24, 2.45) is 0 Å². The molecule has 0 spiro atoms. The van der Waals surface area contributed by atoms with E-state index in [9.17, 15) is 9.59 Å². The summed E-state index contributed by atoms with van der Waals surface area (Å²) in [5.74, 6) is -0.0940. The third-order valence-electron chi connectivity index (χ3n) is 4.66. The summed E-state index contributed by atoms with van der Waals surface area (Å²) in [6.07, 6.45) is 0. The smallest absolute Gasteiger partial charge is 0.246 e. The third kappa shape index (κ3) is 3.75. The predicted octanol–water partition coefficient (Wildman–Crippen LogP) is 4.51. The molecule has 1 N–H and O–H groups in total. The monoisotopic (exact) mass is 346 g/mol. The van der Waals surface area contributed by atoms with E-state index in [0.29, 0.717) is 11.3 Å². The molecule has 3 aromatic rings. The Morgan fingerprint density at radius 2 is 1.58 bits per heavy atom. The van der Waals surface area contributed by atoms with Crippen molar-refractivity contribution in [2.45, 2.75) is 19.9 Å². The minimum Gasteiger partial charge on any atom is -0.363 e. The minimum atomic E-state index is -0.344.